The predicted molar refractivity (Wildman–Crippen MR) is 84.2 cm³/mol. The summed E-state index contributed by atoms with van der Waals surface area (Å²) in [6.45, 7) is 7.80. The van der Waals surface area contributed by atoms with Crippen molar-refractivity contribution in [1.29, 1.82) is 0 Å². The first-order chi connectivity index (χ1) is 10.8. The molecule has 0 aliphatic heterocycles. The maximum absolute atomic E-state index is 9.97. The monoisotopic (exact) mass is 335 g/mol. The van der Waals surface area contributed by atoms with Crippen LogP contribution in [0.25, 0.3) is 10.4 Å². The molecule has 0 bridgehead atoms. The fourth-order valence-corrected chi connectivity index (χ4v) is 1.26. The topological polar surface area (TPSA) is 126 Å². The highest BCUT2D eigenvalue weighted by Crippen LogP contribution is 2.21. The summed E-state index contributed by atoms with van der Waals surface area (Å²) in [5.41, 5.74) is 5.51. The van der Waals surface area contributed by atoms with Crippen LogP contribution in [0.3, 0.4) is 0 Å². The molecule has 9 heteroatoms. The standard InChI is InChI=1S/C14H29N3O6/c1-13(2,18)14(3,19)12-23-11-10-22-9-8-21-7-6-20-5-4-16-17-15/h18-19H,4-12H2,1-3H3. The first-order valence-electron chi connectivity index (χ1n) is 7.58. The molecular formula is C14H29N3O6. The average Bonchev–Trinajstić information content (AvgIpc) is 2.46. The van der Waals surface area contributed by atoms with E-state index in [9.17, 15) is 10.2 Å². The van der Waals surface area contributed by atoms with E-state index in [1.165, 1.54) is 20.8 Å². The van der Waals surface area contributed by atoms with Gasteiger partial charge in [0, 0.05) is 11.5 Å². The first-order valence-corrected chi connectivity index (χ1v) is 7.58. The van der Waals surface area contributed by atoms with E-state index in [0.29, 0.717) is 52.8 Å². The van der Waals surface area contributed by atoms with Gasteiger partial charge < -0.3 is 29.2 Å². The van der Waals surface area contributed by atoms with Crippen molar-refractivity contribution in [3.8, 4) is 0 Å². The lowest BCUT2D eigenvalue weighted by Gasteiger charge is -2.35. The van der Waals surface area contributed by atoms with Gasteiger partial charge in [-0.3, -0.25) is 0 Å². The smallest absolute Gasteiger partial charge is 0.113 e. The molecule has 0 aliphatic rings. The molecule has 0 amide bonds. The fraction of sp³-hybridized carbons (Fsp3) is 1.00. The quantitative estimate of drug-likeness (QED) is 0.198. The second kappa shape index (κ2) is 12.5. The van der Waals surface area contributed by atoms with Gasteiger partial charge >= 0.3 is 0 Å². The zero-order valence-electron chi connectivity index (χ0n) is 14.2. The van der Waals surface area contributed by atoms with Crippen LogP contribution in [0.2, 0.25) is 0 Å². The van der Waals surface area contributed by atoms with Gasteiger partial charge in [-0.05, 0) is 26.3 Å². The molecule has 0 saturated heterocycles. The van der Waals surface area contributed by atoms with Crippen LogP contribution in [0.15, 0.2) is 5.11 Å². The molecule has 0 radical (unpaired) electrons. The normalized spacial score (nSPS) is 14.3. The number of nitrogens with zero attached hydrogens (tertiary/aromatic N) is 3. The van der Waals surface area contributed by atoms with E-state index in [1.807, 2.05) is 0 Å². The number of rotatable bonds is 15. The molecule has 136 valence electrons. The Morgan fingerprint density at radius 1 is 0.826 bits per heavy atom. The summed E-state index contributed by atoms with van der Waals surface area (Å²) in [7, 11) is 0. The second-order valence-corrected chi connectivity index (χ2v) is 5.68. The minimum Gasteiger partial charge on any atom is -0.387 e. The van der Waals surface area contributed by atoms with E-state index in [4.69, 9.17) is 24.5 Å². The number of azide groups is 1. The zero-order valence-corrected chi connectivity index (χ0v) is 14.2. The lowest BCUT2D eigenvalue weighted by molar-refractivity contribution is -0.156. The maximum atomic E-state index is 9.97. The van der Waals surface area contributed by atoms with Gasteiger partial charge in [-0.15, -0.1) is 0 Å². The van der Waals surface area contributed by atoms with Crippen LogP contribution in [0.1, 0.15) is 20.8 Å². The van der Waals surface area contributed by atoms with Crippen molar-refractivity contribution in [2.24, 2.45) is 5.11 Å². The van der Waals surface area contributed by atoms with Crippen molar-refractivity contribution in [3.63, 3.8) is 0 Å². The third kappa shape index (κ3) is 12.2. The molecule has 0 saturated carbocycles. The summed E-state index contributed by atoms with van der Waals surface area (Å²) < 4.78 is 21.0. The Kier molecular flexibility index (Phi) is 12.0. The van der Waals surface area contributed by atoms with Gasteiger partial charge in [-0.1, -0.05) is 5.11 Å². The Hall–Kier alpha value is -0.930. The third-order valence-electron chi connectivity index (χ3n) is 3.22. The van der Waals surface area contributed by atoms with Gasteiger partial charge in [0.25, 0.3) is 0 Å². The maximum Gasteiger partial charge on any atom is 0.113 e. The van der Waals surface area contributed by atoms with Crippen LogP contribution in [-0.2, 0) is 18.9 Å². The molecule has 1 atom stereocenters. The second-order valence-electron chi connectivity index (χ2n) is 5.68. The first kappa shape index (κ1) is 22.1. The van der Waals surface area contributed by atoms with Gasteiger partial charge in [0.1, 0.15) is 5.60 Å². The van der Waals surface area contributed by atoms with E-state index in [2.05, 4.69) is 10.0 Å². The van der Waals surface area contributed by atoms with Gasteiger partial charge in [0.15, 0.2) is 0 Å². The van der Waals surface area contributed by atoms with Gasteiger partial charge in [-0.25, -0.2) is 0 Å². The van der Waals surface area contributed by atoms with Crippen molar-refractivity contribution in [1.82, 2.24) is 0 Å². The number of hydrogen-bond acceptors (Lipinski definition) is 7. The van der Waals surface area contributed by atoms with Crippen molar-refractivity contribution < 1.29 is 29.2 Å². The van der Waals surface area contributed by atoms with Crippen molar-refractivity contribution >= 4 is 0 Å². The molecular weight excluding hydrogens is 306 g/mol. The number of ether oxygens (including phenoxy) is 4. The molecule has 2 N–H and O–H groups in total. The molecule has 0 aliphatic carbocycles. The van der Waals surface area contributed by atoms with Crippen molar-refractivity contribution in [3.05, 3.63) is 10.4 Å². The molecule has 9 nitrogen and oxygen atoms in total. The van der Waals surface area contributed by atoms with Crippen LogP contribution < -0.4 is 0 Å². The SMILES string of the molecule is CC(C)(O)C(C)(O)COCCOCCOCCOCCN=[N+]=[N-]. The molecule has 0 heterocycles. The minimum absolute atomic E-state index is 0.0313. The molecule has 0 fully saturated rings. The summed E-state index contributed by atoms with van der Waals surface area (Å²) >= 11 is 0. The Balaban J connectivity index is 3.30. The number of aliphatic hydroxyl groups is 2. The van der Waals surface area contributed by atoms with Gasteiger partial charge in [-0.2, -0.15) is 0 Å². The Labute approximate surface area is 137 Å². The highest BCUT2D eigenvalue weighted by atomic mass is 16.6. The van der Waals surface area contributed by atoms with Crippen LogP contribution in [0, 0.1) is 0 Å². The summed E-state index contributed by atoms with van der Waals surface area (Å²) in [4.78, 5) is 2.61. The van der Waals surface area contributed by atoms with Crippen molar-refractivity contribution in [2.75, 3.05) is 59.4 Å². The van der Waals surface area contributed by atoms with Crippen LogP contribution >= 0.6 is 0 Å². The lowest BCUT2D eigenvalue weighted by atomic mass is 9.89. The van der Waals surface area contributed by atoms with Crippen molar-refractivity contribution in [2.45, 2.75) is 32.0 Å². The molecule has 23 heavy (non-hydrogen) atoms. The lowest BCUT2D eigenvalue weighted by Crippen LogP contribution is -2.51. The fourth-order valence-electron chi connectivity index (χ4n) is 1.26. The number of hydrogen-bond donors (Lipinski definition) is 2. The van der Waals surface area contributed by atoms with Gasteiger partial charge in [0.2, 0.25) is 0 Å². The Morgan fingerprint density at radius 3 is 1.70 bits per heavy atom. The van der Waals surface area contributed by atoms with Crippen LogP contribution in [0.5, 0.6) is 0 Å². The van der Waals surface area contributed by atoms with E-state index in [0.717, 1.165) is 0 Å². The summed E-state index contributed by atoms with van der Waals surface area (Å²) in [5, 5.41) is 23.0. The molecule has 0 rings (SSSR count). The molecule has 0 aromatic heterocycles. The zero-order chi connectivity index (χ0) is 17.6. The molecule has 1 unspecified atom stereocenters. The molecule has 0 aromatic rings. The van der Waals surface area contributed by atoms with E-state index >= 15 is 0 Å². The predicted octanol–water partition coefficient (Wildman–Crippen LogP) is 0.885. The summed E-state index contributed by atoms with van der Waals surface area (Å²) in [6, 6.07) is 0. The van der Waals surface area contributed by atoms with E-state index in [-0.39, 0.29) is 6.61 Å². The third-order valence-corrected chi connectivity index (χ3v) is 3.22. The van der Waals surface area contributed by atoms with E-state index < -0.39 is 11.2 Å². The van der Waals surface area contributed by atoms with Gasteiger partial charge in [0.05, 0.1) is 58.5 Å². The summed E-state index contributed by atoms with van der Waals surface area (Å²) in [5.74, 6) is 0. The highest BCUT2D eigenvalue weighted by molar-refractivity contribution is 4.89. The average molecular weight is 335 g/mol. The Morgan fingerprint density at radius 2 is 1.26 bits per heavy atom. The largest absolute Gasteiger partial charge is 0.387 e. The van der Waals surface area contributed by atoms with E-state index in [1.54, 1.807) is 0 Å². The minimum atomic E-state index is -1.31. The summed E-state index contributed by atoms with van der Waals surface area (Å²) in [6.07, 6.45) is 0. The highest BCUT2D eigenvalue weighted by Gasteiger charge is 2.37. The van der Waals surface area contributed by atoms with Crippen LogP contribution in [-0.4, -0.2) is 80.8 Å². The molecule has 0 spiro atoms. The molecule has 0 aromatic carbocycles. The Bertz CT molecular complexity index is 340. The van der Waals surface area contributed by atoms with Crippen LogP contribution in [0.4, 0.5) is 0 Å².